The van der Waals surface area contributed by atoms with Crippen molar-refractivity contribution in [2.45, 2.75) is 77.9 Å². The van der Waals surface area contributed by atoms with Gasteiger partial charge in [0.1, 0.15) is 12.2 Å². The zero-order valence-electron chi connectivity index (χ0n) is 18.6. The first-order chi connectivity index (χ1) is 14.0. The summed E-state index contributed by atoms with van der Waals surface area (Å²) >= 11 is 0. The van der Waals surface area contributed by atoms with Gasteiger partial charge in [-0.2, -0.15) is 0 Å². The van der Waals surface area contributed by atoms with Crippen LogP contribution < -0.4 is 5.32 Å². The van der Waals surface area contributed by atoms with Crippen molar-refractivity contribution in [3.8, 4) is 0 Å². The van der Waals surface area contributed by atoms with Crippen molar-refractivity contribution in [1.82, 2.24) is 10.2 Å². The second kappa shape index (κ2) is 8.46. The summed E-state index contributed by atoms with van der Waals surface area (Å²) in [5.74, 6) is 0.204. The van der Waals surface area contributed by atoms with Gasteiger partial charge in [-0.05, 0) is 45.1 Å². The average molecular weight is 419 g/mol. The highest BCUT2D eigenvalue weighted by atomic mass is 16.6. The molecule has 2 fully saturated rings. The monoisotopic (exact) mass is 418 g/mol. The van der Waals surface area contributed by atoms with E-state index in [4.69, 9.17) is 9.47 Å². The van der Waals surface area contributed by atoms with E-state index in [9.17, 15) is 14.7 Å². The van der Waals surface area contributed by atoms with Crippen molar-refractivity contribution >= 4 is 12.2 Å². The predicted octanol–water partition coefficient (Wildman–Crippen LogP) is 3.70. The third-order valence-electron chi connectivity index (χ3n) is 5.93. The Morgan fingerprint density at radius 2 is 1.90 bits per heavy atom. The number of carbonyl (C=O) groups is 2. The highest BCUT2D eigenvalue weighted by Crippen LogP contribution is 2.53. The van der Waals surface area contributed by atoms with E-state index < -0.39 is 17.8 Å². The zero-order valence-corrected chi connectivity index (χ0v) is 18.6. The van der Waals surface area contributed by atoms with Crippen molar-refractivity contribution in [1.29, 1.82) is 0 Å². The van der Waals surface area contributed by atoms with Crippen LogP contribution in [0.3, 0.4) is 0 Å². The van der Waals surface area contributed by atoms with Crippen molar-refractivity contribution in [2.24, 2.45) is 11.3 Å². The standard InChI is InChI=1S/C23H34N2O5/c1-15(2)19-23(11-17(18(26)12-23)24-20(27)30-22(3,4)5)14-25(19)21(28)29-13-16-9-7-6-8-10-16/h6-10,15,17-19,26H,11-14H2,1-5H3,(H,24,27)/t17-,18-,19?,23?/m1/s1. The molecule has 7 heteroatoms. The van der Waals surface area contributed by atoms with E-state index in [0.29, 0.717) is 19.4 Å². The maximum absolute atomic E-state index is 12.7. The number of ether oxygens (including phenoxy) is 2. The number of hydrogen-bond donors (Lipinski definition) is 2. The topological polar surface area (TPSA) is 88.1 Å². The molecule has 1 spiro atoms. The van der Waals surface area contributed by atoms with Crippen LogP contribution in [0.2, 0.25) is 0 Å². The molecule has 2 N–H and O–H groups in total. The van der Waals surface area contributed by atoms with Gasteiger partial charge in [-0.3, -0.25) is 0 Å². The van der Waals surface area contributed by atoms with Gasteiger partial charge >= 0.3 is 12.2 Å². The van der Waals surface area contributed by atoms with Gasteiger partial charge in [0.15, 0.2) is 0 Å². The Morgan fingerprint density at radius 1 is 1.23 bits per heavy atom. The van der Waals surface area contributed by atoms with Gasteiger partial charge in [0, 0.05) is 18.0 Å². The van der Waals surface area contributed by atoms with E-state index in [0.717, 1.165) is 5.56 Å². The molecule has 166 valence electrons. The van der Waals surface area contributed by atoms with Gasteiger partial charge in [0.25, 0.3) is 0 Å². The number of aliphatic hydroxyl groups excluding tert-OH is 1. The first-order valence-corrected chi connectivity index (χ1v) is 10.7. The molecule has 1 aromatic carbocycles. The van der Waals surface area contributed by atoms with Crippen molar-refractivity contribution in [3.05, 3.63) is 35.9 Å². The predicted molar refractivity (Wildman–Crippen MR) is 113 cm³/mol. The summed E-state index contributed by atoms with van der Waals surface area (Å²) in [6.07, 6.45) is -0.372. The van der Waals surface area contributed by atoms with E-state index in [1.165, 1.54) is 0 Å². The summed E-state index contributed by atoms with van der Waals surface area (Å²) < 4.78 is 10.9. The number of hydrogen-bond acceptors (Lipinski definition) is 5. The molecule has 2 amide bonds. The van der Waals surface area contributed by atoms with Crippen LogP contribution in [0, 0.1) is 11.3 Å². The van der Waals surface area contributed by atoms with Gasteiger partial charge in [-0.25, -0.2) is 9.59 Å². The Morgan fingerprint density at radius 3 is 2.50 bits per heavy atom. The summed E-state index contributed by atoms with van der Waals surface area (Å²) in [6, 6.07) is 9.17. The largest absolute Gasteiger partial charge is 0.445 e. The molecule has 1 aliphatic carbocycles. The van der Waals surface area contributed by atoms with Crippen LogP contribution in [0.4, 0.5) is 9.59 Å². The van der Waals surface area contributed by atoms with Crippen LogP contribution >= 0.6 is 0 Å². The fourth-order valence-electron chi connectivity index (χ4n) is 4.99. The summed E-state index contributed by atoms with van der Waals surface area (Å²) in [7, 11) is 0. The van der Waals surface area contributed by atoms with Crippen LogP contribution in [0.5, 0.6) is 0 Å². The number of nitrogens with zero attached hydrogens (tertiary/aromatic N) is 1. The highest BCUT2D eigenvalue weighted by Gasteiger charge is 2.61. The van der Waals surface area contributed by atoms with Gasteiger partial charge in [0.2, 0.25) is 0 Å². The van der Waals surface area contributed by atoms with E-state index in [1.54, 1.807) is 25.7 Å². The number of carbonyl (C=O) groups excluding carboxylic acids is 2. The number of likely N-dealkylation sites (tertiary alicyclic amines) is 1. The number of amides is 2. The first kappa shape index (κ1) is 22.4. The van der Waals surface area contributed by atoms with E-state index in [2.05, 4.69) is 19.2 Å². The number of rotatable bonds is 4. The van der Waals surface area contributed by atoms with Gasteiger partial charge in [-0.15, -0.1) is 0 Å². The lowest BCUT2D eigenvalue weighted by Gasteiger charge is -2.57. The molecule has 1 saturated heterocycles. The van der Waals surface area contributed by atoms with Crippen LogP contribution in [-0.2, 0) is 16.1 Å². The molecular weight excluding hydrogens is 384 g/mol. The minimum atomic E-state index is -0.666. The molecule has 3 rings (SSSR count). The Balaban J connectivity index is 1.61. The van der Waals surface area contributed by atoms with Crippen LogP contribution in [0.25, 0.3) is 0 Å². The van der Waals surface area contributed by atoms with Crippen LogP contribution in [-0.4, -0.2) is 52.5 Å². The molecule has 1 saturated carbocycles. The third-order valence-corrected chi connectivity index (χ3v) is 5.93. The molecule has 1 aromatic rings. The second-order valence-electron chi connectivity index (χ2n) is 9.95. The number of benzene rings is 1. The Bertz CT molecular complexity index is 761. The molecule has 1 aliphatic heterocycles. The fourth-order valence-corrected chi connectivity index (χ4v) is 4.99. The van der Waals surface area contributed by atoms with Crippen molar-refractivity contribution in [3.63, 3.8) is 0 Å². The normalized spacial score (nSPS) is 28.4. The van der Waals surface area contributed by atoms with Crippen molar-refractivity contribution in [2.75, 3.05) is 6.54 Å². The Hall–Kier alpha value is -2.28. The molecular formula is C23H34N2O5. The SMILES string of the molecule is CC(C)C1N(C(=O)OCc2ccccc2)CC12C[C@@H](O)[C@H](NC(=O)OC(C)(C)C)C2. The van der Waals surface area contributed by atoms with E-state index in [1.807, 2.05) is 30.3 Å². The number of alkyl carbamates (subject to hydrolysis) is 1. The minimum Gasteiger partial charge on any atom is -0.445 e. The smallest absolute Gasteiger partial charge is 0.410 e. The fraction of sp³-hybridized carbons (Fsp3) is 0.652. The molecule has 0 aromatic heterocycles. The highest BCUT2D eigenvalue weighted by molar-refractivity contribution is 5.70. The van der Waals surface area contributed by atoms with Crippen molar-refractivity contribution < 1.29 is 24.2 Å². The molecule has 4 atom stereocenters. The molecule has 30 heavy (non-hydrogen) atoms. The third kappa shape index (κ3) is 4.89. The van der Waals surface area contributed by atoms with Gasteiger partial charge in [0.05, 0.1) is 12.1 Å². The average Bonchev–Trinajstić information content (AvgIpc) is 2.94. The second-order valence-corrected chi connectivity index (χ2v) is 9.95. The lowest BCUT2D eigenvalue weighted by Crippen LogP contribution is -2.67. The lowest BCUT2D eigenvalue weighted by atomic mass is 9.66. The Kier molecular flexibility index (Phi) is 6.32. The lowest BCUT2D eigenvalue weighted by molar-refractivity contribution is -0.0880. The summed E-state index contributed by atoms with van der Waals surface area (Å²) in [6.45, 7) is 10.3. The molecule has 7 nitrogen and oxygen atoms in total. The molecule has 1 heterocycles. The quantitative estimate of drug-likeness (QED) is 0.778. The minimum absolute atomic E-state index is 0.0409. The van der Waals surface area contributed by atoms with Gasteiger partial charge < -0.3 is 24.8 Å². The maximum Gasteiger partial charge on any atom is 0.410 e. The summed E-state index contributed by atoms with van der Waals surface area (Å²) in [5.41, 5.74) is 0.126. The summed E-state index contributed by atoms with van der Waals surface area (Å²) in [4.78, 5) is 26.6. The van der Waals surface area contributed by atoms with Crippen LogP contribution in [0.1, 0.15) is 53.0 Å². The van der Waals surface area contributed by atoms with E-state index in [-0.39, 0.29) is 36.1 Å². The molecule has 0 bridgehead atoms. The van der Waals surface area contributed by atoms with Crippen LogP contribution in [0.15, 0.2) is 30.3 Å². The maximum atomic E-state index is 12.7. The van der Waals surface area contributed by atoms with E-state index >= 15 is 0 Å². The first-order valence-electron chi connectivity index (χ1n) is 10.7. The Labute approximate surface area is 178 Å². The van der Waals surface area contributed by atoms with Gasteiger partial charge in [-0.1, -0.05) is 44.2 Å². The zero-order chi connectivity index (χ0) is 22.1. The number of nitrogens with one attached hydrogen (secondary N) is 1. The molecule has 0 radical (unpaired) electrons. The number of aliphatic hydroxyl groups is 1. The summed E-state index contributed by atoms with van der Waals surface area (Å²) in [5, 5.41) is 13.4. The molecule has 2 aliphatic rings. The molecule has 2 unspecified atom stereocenters.